The van der Waals surface area contributed by atoms with E-state index in [9.17, 15) is 10.2 Å². The number of ether oxygens (including phenoxy) is 2. The number of hydrogen-bond donors (Lipinski definition) is 2. The monoisotopic (exact) mass is 296 g/mol. The zero-order chi connectivity index (χ0) is 14.7. The molecule has 0 amide bonds. The van der Waals surface area contributed by atoms with Crippen molar-refractivity contribution in [3.05, 3.63) is 11.5 Å². The van der Waals surface area contributed by atoms with Crippen LogP contribution >= 0.6 is 0 Å². The Balaban J connectivity index is 1.61. The molecule has 21 heavy (non-hydrogen) atoms. The Bertz CT molecular complexity index is 345. The van der Waals surface area contributed by atoms with Gasteiger partial charge in [0.25, 0.3) is 0 Å². The van der Waals surface area contributed by atoms with Gasteiger partial charge < -0.3 is 19.7 Å². The number of aliphatic hydroxyl groups excluding tert-OH is 2. The summed E-state index contributed by atoms with van der Waals surface area (Å²) in [7, 11) is 0. The van der Waals surface area contributed by atoms with Crippen molar-refractivity contribution in [3.8, 4) is 0 Å². The molecular weight excluding hydrogens is 268 g/mol. The molecule has 3 aliphatic rings. The summed E-state index contributed by atoms with van der Waals surface area (Å²) in [6.07, 6.45) is 10.1. The first-order valence-electron chi connectivity index (χ1n) is 8.65. The lowest BCUT2D eigenvalue weighted by atomic mass is 9.94. The summed E-state index contributed by atoms with van der Waals surface area (Å²) >= 11 is 0. The van der Waals surface area contributed by atoms with Crippen LogP contribution in [0.3, 0.4) is 0 Å². The SMILES string of the molecule is OC1CCCCC1OC1=C(OC2CCCCC2O)CCC1. The number of rotatable bonds is 4. The summed E-state index contributed by atoms with van der Waals surface area (Å²) < 4.78 is 12.2. The molecule has 3 aliphatic carbocycles. The molecule has 0 saturated heterocycles. The molecule has 4 unspecified atom stereocenters. The molecule has 2 N–H and O–H groups in total. The molecule has 0 aliphatic heterocycles. The molecular formula is C17H28O4. The fourth-order valence-corrected chi connectivity index (χ4v) is 3.73. The number of hydrogen-bond acceptors (Lipinski definition) is 4. The van der Waals surface area contributed by atoms with Crippen molar-refractivity contribution in [1.82, 2.24) is 0 Å². The Morgan fingerprint density at radius 3 is 1.48 bits per heavy atom. The summed E-state index contributed by atoms with van der Waals surface area (Å²) in [5, 5.41) is 20.1. The van der Waals surface area contributed by atoms with Gasteiger partial charge in [0.15, 0.2) is 0 Å². The van der Waals surface area contributed by atoms with E-state index in [-0.39, 0.29) is 24.4 Å². The van der Waals surface area contributed by atoms with Gasteiger partial charge in [-0.05, 0) is 44.9 Å². The lowest BCUT2D eigenvalue weighted by Gasteiger charge is -2.31. The van der Waals surface area contributed by atoms with Gasteiger partial charge in [-0.2, -0.15) is 0 Å². The number of aliphatic hydroxyl groups is 2. The Morgan fingerprint density at radius 1 is 0.619 bits per heavy atom. The molecule has 0 aromatic rings. The summed E-state index contributed by atoms with van der Waals surface area (Å²) in [4.78, 5) is 0. The van der Waals surface area contributed by atoms with E-state index in [0.29, 0.717) is 0 Å². The highest BCUT2D eigenvalue weighted by molar-refractivity contribution is 5.09. The summed E-state index contributed by atoms with van der Waals surface area (Å²) in [6.45, 7) is 0. The van der Waals surface area contributed by atoms with Gasteiger partial charge in [-0.1, -0.05) is 12.8 Å². The molecule has 0 radical (unpaired) electrons. The average Bonchev–Trinajstić information content (AvgIpc) is 2.91. The highest BCUT2D eigenvalue weighted by Gasteiger charge is 2.31. The van der Waals surface area contributed by atoms with Crippen LogP contribution in [0.25, 0.3) is 0 Å². The first-order valence-corrected chi connectivity index (χ1v) is 8.65. The molecule has 120 valence electrons. The minimum atomic E-state index is -0.339. The molecule has 0 heterocycles. The lowest BCUT2D eigenvalue weighted by Crippen LogP contribution is -2.33. The summed E-state index contributed by atoms with van der Waals surface area (Å²) in [5.74, 6) is 1.86. The molecule has 0 aromatic carbocycles. The van der Waals surface area contributed by atoms with E-state index in [4.69, 9.17) is 9.47 Å². The largest absolute Gasteiger partial charge is 0.489 e. The summed E-state index contributed by atoms with van der Waals surface area (Å²) in [5.41, 5.74) is 0. The van der Waals surface area contributed by atoms with Gasteiger partial charge in [0.2, 0.25) is 0 Å². The minimum Gasteiger partial charge on any atom is -0.489 e. The fourth-order valence-electron chi connectivity index (χ4n) is 3.73. The lowest BCUT2D eigenvalue weighted by molar-refractivity contribution is -0.0512. The molecule has 2 saturated carbocycles. The normalized spacial score (nSPS) is 37.6. The van der Waals surface area contributed by atoms with E-state index in [2.05, 4.69) is 0 Å². The van der Waals surface area contributed by atoms with Gasteiger partial charge in [0.1, 0.15) is 23.7 Å². The topological polar surface area (TPSA) is 58.9 Å². The van der Waals surface area contributed by atoms with Crippen molar-refractivity contribution in [2.75, 3.05) is 0 Å². The molecule has 0 spiro atoms. The van der Waals surface area contributed by atoms with Crippen LogP contribution in [0.1, 0.15) is 70.6 Å². The Morgan fingerprint density at radius 2 is 1.05 bits per heavy atom. The van der Waals surface area contributed by atoms with E-state index in [0.717, 1.165) is 82.1 Å². The van der Waals surface area contributed by atoms with Crippen molar-refractivity contribution in [3.63, 3.8) is 0 Å². The second-order valence-electron chi connectivity index (χ2n) is 6.72. The Kier molecular flexibility index (Phi) is 5.07. The van der Waals surface area contributed by atoms with Crippen LogP contribution in [0.5, 0.6) is 0 Å². The molecule has 2 fully saturated rings. The predicted octanol–water partition coefficient (Wildman–Crippen LogP) is 3.02. The number of allylic oxidation sites excluding steroid dienone is 2. The first kappa shape index (κ1) is 15.2. The smallest absolute Gasteiger partial charge is 0.134 e. The molecule has 4 nitrogen and oxygen atoms in total. The van der Waals surface area contributed by atoms with E-state index >= 15 is 0 Å². The van der Waals surface area contributed by atoms with Gasteiger partial charge >= 0.3 is 0 Å². The zero-order valence-corrected chi connectivity index (χ0v) is 12.8. The van der Waals surface area contributed by atoms with Crippen LogP contribution in [-0.2, 0) is 9.47 Å². The maximum absolute atomic E-state index is 10.1. The quantitative estimate of drug-likeness (QED) is 0.837. The first-order chi connectivity index (χ1) is 10.2. The molecule has 0 aromatic heterocycles. The third-order valence-corrected chi connectivity index (χ3v) is 5.04. The molecule has 3 rings (SSSR count). The highest BCUT2D eigenvalue weighted by Crippen LogP contribution is 2.34. The third kappa shape index (κ3) is 3.72. The fraction of sp³-hybridized carbons (Fsp3) is 0.882. The predicted molar refractivity (Wildman–Crippen MR) is 79.6 cm³/mol. The van der Waals surface area contributed by atoms with Crippen molar-refractivity contribution < 1.29 is 19.7 Å². The second kappa shape index (κ2) is 7.01. The van der Waals surface area contributed by atoms with Crippen LogP contribution in [0.2, 0.25) is 0 Å². The average molecular weight is 296 g/mol. The van der Waals surface area contributed by atoms with Crippen LogP contribution in [-0.4, -0.2) is 34.6 Å². The molecule has 4 heteroatoms. The zero-order valence-electron chi connectivity index (χ0n) is 12.8. The highest BCUT2D eigenvalue weighted by atomic mass is 16.5. The van der Waals surface area contributed by atoms with Crippen molar-refractivity contribution in [2.24, 2.45) is 0 Å². The Labute approximate surface area is 127 Å². The van der Waals surface area contributed by atoms with E-state index in [1.165, 1.54) is 0 Å². The maximum Gasteiger partial charge on any atom is 0.134 e. The van der Waals surface area contributed by atoms with E-state index in [1.54, 1.807) is 0 Å². The van der Waals surface area contributed by atoms with Gasteiger partial charge in [-0.3, -0.25) is 0 Å². The van der Waals surface area contributed by atoms with E-state index < -0.39 is 0 Å². The third-order valence-electron chi connectivity index (χ3n) is 5.04. The van der Waals surface area contributed by atoms with Gasteiger partial charge in [0, 0.05) is 12.8 Å². The van der Waals surface area contributed by atoms with Crippen LogP contribution < -0.4 is 0 Å². The van der Waals surface area contributed by atoms with E-state index in [1.807, 2.05) is 0 Å². The second-order valence-corrected chi connectivity index (χ2v) is 6.72. The van der Waals surface area contributed by atoms with Crippen LogP contribution in [0, 0.1) is 0 Å². The van der Waals surface area contributed by atoms with Crippen LogP contribution in [0.4, 0.5) is 0 Å². The van der Waals surface area contributed by atoms with Gasteiger partial charge in [0.05, 0.1) is 12.2 Å². The Hall–Kier alpha value is -0.740. The molecule has 0 bridgehead atoms. The van der Waals surface area contributed by atoms with Crippen molar-refractivity contribution in [2.45, 2.75) is 95.0 Å². The van der Waals surface area contributed by atoms with Crippen molar-refractivity contribution in [1.29, 1.82) is 0 Å². The van der Waals surface area contributed by atoms with Gasteiger partial charge in [-0.15, -0.1) is 0 Å². The standard InChI is InChI=1S/C17H28O4/c18-12-6-1-3-8-14(12)20-16-10-5-11-17(16)21-15-9-4-2-7-13(15)19/h12-15,18-19H,1-11H2. The van der Waals surface area contributed by atoms with Crippen molar-refractivity contribution >= 4 is 0 Å². The minimum absolute atomic E-state index is 0.0678. The molecule has 4 atom stereocenters. The summed E-state index contributed by atoms with van der Waals surface area (Å²) in [6, 6.07) is 0. The van der Waals surface area contributed by atoms with Gasteiger partial charge in [-0.25, -0.2) is 0 Å². The van der Waals surface area contributed by atoms with Crippen LogP contribution in [0.15, 0.2) is 11.5 Å². The maximum atomic E-state index is 10.1.